The molecule has 1 aliphatic rings. The summed E-state index contributed by atoms with van der Waals surface area (Å²) >= 11 is 0. The van der Waals surface area contributed by atoms with Gasteiger partial charge in [0, 0.05) is 0 Å². The number of nitrogens with two attached hydrogens (primary N) is 1. The van der Waals surface area contributed by atoms with Crippen LogP contribution in [0.1, 0.15) is 15.9 Å². The summed E-state index contributed by atoms with van der Waals surface area (Å²) in [5, 5.41) is 0. The number of carbonyl (C=O) groups excluding carboxylic acids is 1. The Morgan fingerprint density at radius 1 is 1.33 bits per heavy atom. The lowest BCUT2D eigenvalue weighted by Crippen LogP contribution is -2.26. The van der Waals surface area contributed by atoms with Crippen LogP contribution in [0.2, 0.25) is 0 Å². The smallest absolute Gasteiger partial charge is 0.183 e. The van der Waals surface area contributed by atoms with Crippen LogP contribution in [0.3, 0.4) is 0 Å². The molecule has 0 heterocycles. The van der Waals surface area contributed by atoms with E-state index in [9.17, 15) is 4.79 Å². The van der Waals surface area contributed by atoms with E-state index in [-0.39, 0.29) is 5.78 Å². The number of benzene rings is 1. The third-order valence-corrected chi connectivity index (χ3v) is 2.65. The van der Waals surface area contributed by atoms with Gasteiger partial charge < -0.3 is 15.2 Å². The Labute approximate surface area is 88.0 Å². The van der Waals surface area contributed by atoms with E-state index in [0.717, 1.165) is 5.56 Å². The monoisotopic (exact) mass is 207 g/mol. The third-order valence-electron chi connectivity index (χ3n) is 2.65. The molecule has 0 spiro atoms. The Balaban J connectivity index is 2.61. The van der Waals surface area contributed by atoms with Gasteiger partial charge in [0.15, 0.2) is 17.3 Å². The minimum absolute atomic E-state index is 0.0687. The molecule has 4 nitrogen and oxygen atoms in total. The van der Waals surface area contributed by atoms with Crippen molar-refractivity contribution in [1.29, 1.82) is 0 Å². The van der Waals surface area contributed by atoms with Crippen molar-refractivity contribution >= 4 is 5.78 Å². The maximum Gasteiger partial charge on any atom is 0.183 e. The highest BCUT2D eigenvalue weighted by atomic mass is 16.5. The number of Topliss-reactive ketones (excluding diaryl/α,β-unsaturated/α-hetero) is 1. The van der Waals surface area contributed by atoms with Gasteiger partial charge in [0.25, 0.3) is 0 Å². The average molecular weight is 207 g/mol. The van der Waals surface area contributed by atoms with Crippen molar-refractivity contribution in [3.8, 4) is 11.5 Å². The van der Waals surface area contributed by atoms with E-state index in [1.807, 2.05) is 6.07 Å². The normalized spacial score (nSPS) is 18.9. The summed E-state index contributed by atoms with van der Waals surface area (Å²) in [5.41, 5.74) is 7.21. The van der Waals surface area contributed by atoms with Gasteiger partial charge in [0.2, 0.25) is 0 Å². The molecular formula is C11H13NO3. The Bertz CT molecular complexity index is 415. The first kappa shape index (κ1) is 9.98. The molecule has 0 bridgehead atoms. The van der Waals surface area contributed by atoms with E-state index in [2.05, 4.69) is 0 Å². The summed E-state index contributed by atoms with van der Waals surface area (Å²) in [6, 6.07) is 3.21. The predicted octanol–water partition coefficient (Wildman–Crippen LogP) is 0.770. The molecule has 1 aliphatic carbocycles. The zero-order valence-electron chi connectivity index (χ0n) is 8.74. The SMILES string of the molecule is COc1ccc2c(c1OC)C(=O)C(N)C2. The molecule has 1 unspecified atom stereocenters. The second-order valence-electron chi connectivity index (χ2n) is 3.51. The zero-order chi connectivity index (χ0) is 11.0. The maximum absolute atomic E-state index is 11.8. The molecule has 0 saturated carbocycles. The summed E-state index contributed by atoms with van der Waals surface area (Å²) < 4.78 is 10.3. The van der Waals surface area contributed by atoms with Crippen molar-refractivity contribution in [3.05, 3.63) is 23.3 Å². The van der Waals surface area contributed by atoms with Crippen molar-refractivity contribution in [1.82, 2.24) is 0 Å². The van der Waals surface area contributed by atoms with Crippen molar-refractivity contribution in [2.24, 2.45) is 5.73 Å². The van der Waals surface area contributed by atoms with Crippen molar-refractivity contribution in [3.63, 3.8) is 0 Å². The van der Waals surface area contributed by atoms with Gasteiger partial charge in [-0.05, 0) is 18.1 Å². The number of hydrogen-bond donors (Lipinski definition) is 1. The summed E-state index contributed by atoms with van der Waals surface area (Å²) in [4.78, 5) is 11.8. The number of methoxy groups -OCH3 is 2. The van der Waals surface area contributed by atoms with Crippen LogP contribution >= 0.6 is 0 Å². The highest BCUT2D eigenvalue weighted by Crippen LogP contribution is 2.37. The second-order valence-corrected chi connectivity index (χ2v) is 3.51. The van der Waals surface area contributed by atoms with Crippen LogP contribution in [0, 0.1) is 0 Å². The first-order chi connectivity index (χ1) is 7.19. The quantitative estimate of drug-likeness (QED) is 0.778. The number of carbonyl (C=O) groups is 1. The highest BCUT2D eigenvalue weighted by molar-refractivity contribution is 6.07. The van der Waals surface area contributed by atoms with Crippen LogP contribution in [-0.4, -0.2) is 26.0 Å². The Hall–Kier alpha value is -1.55. The molecule has 2 N–H and O–H groups in total. The Morgan fingerprint density at radius 2 is 2.07 bits per heavy atom. The van der Waals surface area contributed by atoms with Gasteiger partial charge in [0.1, 0.15) is 0 Å². The minimum atomic E-state index is -0.444. The van der Waals surface area contributed by atoms with E-state index in [4.69, 9.17) is 15.2 Å². The Kier molecular flexibility index (Phi) is 2.36. The number of ether oxygens (including phenoxy) is 2. The molecule has 1 aromatic rings. The summed E-state index contributed by atoms with van der Waals surface area (Å²) in [7, 11) is 3.07. The molecule has 80 valence electrons. The van der Waals surface area contributed by atoms with Gasteiger partial charge in [-0.15, -0.1) is 0 Å². The van der Waals surface area contributed by atoms with E-state index in [1.54, 1.807) is 13.2 Å². The fourth-order valence-electron chi connectivity index (χ4n) is 1.92. The van der Waals surface area contributed by atoms with Crippen LogP contribution in [-0.2, 0) is 6.42 Å². The van der Waals surface area contributed by atoms with E-state index in [1.165, 1.54) is 7.11 Å². The van der Waals surface area contributed by atoms with Crippen LogP contribution < -0.4 is 15.2 Å². The van der Waals surface area contributed by atoms with Crippen molar-refractivity contribution in [2.45, 2.75) is 12.5 Å². The van der Waals surface area contributed by atoms with E-state index in [0.29, 0.717) is 23.5 Å². The first-order valence-corrected chi connectivity index (χ1v) is 4.72. The molecule has 1 aromatic carbocycles. The predicted molar refractivity (Wildman–Crippen MR) is 55.6 cm³/mol. The van der Waals surface area contributed by atoms with Gasteiger partial charge in [-0.3, -0.25) is 4.79 Å². The third kappa shape index (κ3) is 1.37. The van der Waals surface area contributed by atoms with Gasteiger partial charge in [-0.2, -0.15) is 0 Å². The maximum atomic E-state index is 11.8. The standard InChI is InChI=1S/C11H13NO3/c1-14-8-4-3-6-5-7(12)10(13)9(6)11(8)15-2/h3-4,7H,5,12H2,1-2H3. The van der Waals surface area contributed by atoms with Crippen LogP contribution in [0.5, 0.6) is 11.5 Å². The fraction of sp³-hybridized carbons (Fsp3) is 0.364. The highest BCUT2D eigenvalue weighted by Gasteiger charge is 2.32. The van der Waals surface area contributed by atoms with E-state index >= 15 is 0 Å². The van der Waals surface area contributed by atoms with Crippen LogP contribution in [0.4, 0.5) is 0 Å². The van der Waals surface area contributed by atoms with Gasteiger partial charge in [0.05, 0.1) is 25.8 Å². The molecule has 0 fully saturated rings. The van der Waals surface area contributed by atoms with Gasteiger partial charge in [-0.25, -0.2) is 0 Å². The molecule has 0 aliphatic heterocycles. The lowest BCUT2D eigenvalue weighted by molar-refractivity contribution is 0.0971. The first-order valence-electron chi connectivity index (χ1n) is 4.72. The molecular weight excluding hydrogens is 194 g/mol. The summed E-state index contributed by atoms with van der Waals surface area (Å²) in [6.07, 6.45) is 0.578. The van der Waals surface area contributed by atoms with Crippen LogP contribution in [0.25, 0.3) is 0 Å². The number of rotatable bonds is 2. The topological polar surface area (TPSA) is 61.5 Å². The Morgan fingerprint density at radius 3 is 2.67 bits per heavy atom. The fourth-order valence-corrected chi connectivity index (χ4v) is 1.92. The molecule has 0 saturated heterocycles. The summed E-state index contributed by atoms with van der Waals surface area (Å²) in [5.74, 6) is 0.993. The zero-order valence-corrected chi connectivity index (χ0v) is 8.74. The second kappa shape index (κ2) is 3.55. The van der Waals surface area contributed by atoms with E-state index < -0.39 is 6.04 Å². The number of fused-ring (bicyclic) bond motifs is 1. The lowest BCUT2D eigenvalue weighted by atomic mass is 10.1. The molecule has 4 heteroatoms. The molecule has 0 amide bonds. The molecule has 0 aromatic heterocycles. The average Bonchev–Trinajstić information content (AvgIpc) is 2.54. The molecule has 2 rings (SSSR count). The number of ketones is 1. The van der Waals surface area contributed by atoms with Crippen molar-refractivity contribution in [2.75, 3.05) is 14.2 Å². The molecule has 0 radical (unpaired) electrons. The lowest BCUT2D eigenvalue weighted by Gasteiger charge is -2.10. The van der Waals surface area contributed by atoms with Crippen molar-refractivity contribution < 1.29 is 14.3 Å². The van der Waals surface area contributed by atoms with Crippen LogP contribution in [0.15, 0.2) is 12.1 Å². The largest absolute Gasteiger partial charge is 0.493 e. The molecule has 1 atom stereocenters. The number of hydrogen-bond acceptors (Lipinski definition) is 4. The molecule has 15 heavy (non-hydrogen) atoms. The van der Waals surface area contributed by atoms with Gasteiger partial charge >= 0.3 is 0 Å². The van der Waals surface area contributed by atoms with Gasteiger partial charge in [-0.1, -0.05) is 6.07 Å². The minimum Gasteiger partial charge on any atom is -0.493 e. The summed E-state index contributed by atoms with van der Waals surface area (Å²) in [6.45, 7) is 0.